The third-order valence-corrected chi connectivity index (χ3v) is 4.80. The molecular formula is C14H17ClF3N5OS. The van der Waals surface area contributed by atoms with E-state index in [2.05, 4.69) is 25.8 Å². The maximum Gasteiger partial charge on any atom is 0.434 e. The number of halogens is 4. The molecule has 138 valence electrons. The third kappa shape index (κ3) is 4.13. The van der Waals surface area contributed by atoms with Crippen molar-refractivity contribution in [3.05, 3.63) is 33.0 Å². The van der Waals surface area contributed by atoms with Crippen molar-refractivity contribution < 1.29 is 18.0 Å². The molecule has 1 aliphatic rings. The number of amides is 1. The normalized spacial score (nSPS) is 15.2. The van der Waals surface area contributed by atoms with E-state index in [9.17, 15) is 18.0 Å². The van der Waals surface area contributed by atoms with Gasteiger partial charge in [-0.25, -0.2) is 4.98 Å². The van der Waals surface area contributed by atoms with Crippen LogP contribution in [-0.2, 0) is 19.1 Å². The van der Waals surface area contributed by atoms with Gasteiger partial charge in [-0.3, -0.25) is 9.89 Å². The van der Waals surface area contributed by atoms with Crippen LogP contribution in [0.4, 0.5) is 13.2 Å². The first-order chi connectivity index (χ1) is 11.4. The minimum absolute atomic E-state index is 0. The van der Waals surface area contributed by atoms with Gasteiger partial charge in [0, 0.05) is 36.1 Å². The van der Waals surface area contributed by atoms with Crippen molar-refractivity contribution in [2.45, 2.75) is 38.5 Å². The molecule has 6 nitrogen and oxygen atoms in total. The minimum atomic E-state index is -4.48. The first kappa shape index (κ1) is 19.7. The summed E-state index contributed by atoms with van der Waals surface area (Å²) >= 11 is 0.891. The molecule has 0 aliphatic carbocycles. The van der Waals surface area contributed by atoms with Crippen molar-refractivity contribution in [3.63, 3.8) is 0 Å². The van der Waals surface area contributed by atoms with E-state index in [0.29, 0.717) is 13.0 Å². The van der Waals surface area contributed by atoms with Gasteiger partial charge in [0.15, 0.2) is 11.4 Å². The predicted octanol–water partition coefficient (Wildman–Crippen LogP) is 2.83. The molecule has 1 aliphatic heterocycles. The molecule has 0 saturated heterocycles. The van der Waals surface area contributed by atoms with Crippen LogP contribution in [0.3, 0.4) is 0 Å². The number of H-pyrrole nitrogens is 1. The first-order valence-corrected chi connectivity index (χ1v) is 8.38. The van der Waals surface area contributed by atoms with Gasteiger partial charge in [0.05, 0.1) is 6.04 Å². The van der Waals surface area contributed by atoms with E-state index in [1.165, 1.54) is 0 Å². The van der Waals surface area contributed by atoms with E-state index in [-0.39, 0.29) is 23.1 Å². The van der Waals surface area contributed by atoms with Gasteiger partial charge in [0.1, 0.15) is 5.01 Å². The monoisotopic (exact) mass is 395 g/mol. The van der Waals surface area contributed by atoms with Crippen LogP contribution in [0.15, 0.2) is 5.38 Å². The zero-order valence-electron chi connectivity index (χ0n) is 13.2. The lowest BCUT2D eigenvalue weighted by Gasteiger charge is -2.16. The van der Waals surface area contributed by atoms with Gasteiger partial charge < -0.3 is 10.6 Å². The van der Waals surface area contributed by atoms with Crippen molar-refractivity contribution in [1.82, 2.24) is 25.8 Å². The molecule has 3 N–H and O–H groups in total. The molecule has 0 spiro atoms. The summed E-state index contributed by atoms with van der Waals surface area (Å²) in [6.45, 7) is 3.13. The van der Waals surface area contributed by atoms with E-state index in [1.54, 1.807) is 6.92 Å². The topological polar surface area (TPSA) is 82.7 Å². The second-order valence-electron chi connectivity index (χ2n) is 5.46. The Hall–Kier alpha value is -1.65. The summed E-state index contributed by atoms with van der Waals surface area (Å²) in [5.74, 6) is -0.410. The number of rotatable bonds is 4. The average molecular weight is 396 g/mol. The highest BCUT2D eigenvalue weighted by molar-refractivity contribution is 7.09. The third-order valence-electron chi connectivity index (χ3n) is 3.85. The number of hydrogen-bond donors (Lipinski definition) is 3. The van der Waals surface area contributed by atoms with E-state index >= 15 is 0 Å². The molecule has 0 aromatic carbocycles. The van der Waals surface area contributed by atoms with Crippen molar-refractivity contribution in [3.8, 4) is 0 Å². The predicted molar refractivity (Wildman–Crippen MR) is 88.9 cm³/mol. The first-order valence-electron chi connectivity index (χ1n) is 7.50. The Balaban J connectivity index is 0.00000225. The fourth-order valence-electron chi connectivity index (χ4n) is 2.56. The Kier molecular flexibility index (Phi) is 6.07. The van der Waals surface area contributed by atoms with Crippen LogP contribution in [0, 0.1) is 0 Å². The van der Waals surface area contributed by atoms with Crippen LogP contribution in [0.5, 0.6) is 0 Å². The zero-order chi connectivity index (χ0) is 17.3. The number of aromatic nitrogens is 3. The Morgan fingerprint density at radius 1 is 1.48 bits per heavy atom. The molecule has 1 atom stereocenters. The van der Waals surface area contributed by atoms with E-state index in [0.717, 1.165) is 40.9 Å². The largest absolute Gasteiger partial charge is 0.434 e. The van der Waals surface area contributed by atoms with Crippen LogP contribution < -0.4 is 10.6 Å². The fraction of sp³-hybridized carbons (Fsp3) is 0.500. The Labute approximate surface area is 152 Å². The standard InChI is InChI=1S/C14H16F3N5OS.ClH/c1-2-8(13-20-10(6-24-13)14(15,16)17)19-12(23)11-7-5-18-4-3-9(7)21-22-11;/h6,8,18H,2-5H2,1H3,(H,19,23)(H,21,22);1H. The van der Waals surface area contributed by atoms with Gasteiger partial charge in [-0.15, -0.1) is 23.7 Å². The van der Waals surface area contributed by atoms with Crippen LogP contribution in [-0.4, -0.2) is 27.6 Å². The van der Waals surface area contributed by atoms with Gasteiger partial charge in [0.2, 0.25) is 0 Å². The van der Waals surface area contributed by atoms with Crippen molar-refractivity contribution in [2.75, 3.05) is 6.54 Å². The molecule has 2 aromatic heterocycles. The molecule has 25 heavy (non-hydrogen) atoms. The summed E-state index contributed by atoms with van der Waals surface area (Å²) in [6, 6.07) is -0.581. The number of fused-ring (bicyclic) bond motifs is 1. The van der Waals surface area contributed by atoms with Gasteiger partial charge in [0.25, 0.3) is 5.91 Å². The van der Waals surface area contributed by atoms with Crippen LogP contribution in [0.1, 0.15) is 51.8 Å². The summed E-state index contributed by atoms with van der Waals surface area (Å²) in [6.07, 6.45) is -3.29. The molecule has 0 saturated carbocycles. The Morgan fingerprint density at radius 3 is 2.88 bits per heavy atom. The number of carbonyl (C=O) groups is 1. The maximum atomic E-state index is 12.7. The van der Waals surface area contributed by atoms with Gasteiger partial charge >= 0.3 is 6.18 Å². The molecule has 3 heterocycles. The summed E-state index contributed by atoms with van der Waals surface area (Å²) < 4.78 is 38.0. The van der Waals surface area contributed by atoms with E-state index in [4.69, 9.17) is 0 Å². The molecule has 0 fully saturated rings. The number of alkyl halides is 3. The van der Waals surface area contributed by atoms with Crippen LogP contribution >= 0.6 is 23.7 Å². The summed E-state index contributed by atoms with van der Waals surface area (Å²) in [7, 11) is 0. The van der Waals surface area contributed by atoms with Crippen molar-refractivity contribution in [1.29, 1.82) is 0 Å². The number of nitrogens with one attached hydrogen (secondary N) is 3. The average Bonchev–Trinajstić information content (AvgIpc) is 3.18. The SMILES string of the molecule is CCC(NC(=O)c1n[nH]c2c1CNCC2)c1nc(C(F)(F)F)cs1.Cl. The lowest BCUT2D eigenvalue weighted by molar-refractivity contribution is -0.140. The quantitative estimate of drug-likeness (QED) is 0.743. The zero-order valence-corrected chi connectivity index (χ0v) is 14.9. The van der Waals surface area contributed by atoms with Crippen LogP contribution in [0.2, 0.25) is 0 Å². The highest BCUT2D eigenvalue weighted by Crippen LogP contribution is 2.32. The molecule has 3 rings (SSSR count). The molecule has 0 radical (unpaired) electrons. The highest BCUT2D eigenvalue weighted by atomic mass is 35.5. The summed E-state index contributed by atoms with van der Waals surface area (Å²) in [5.41, 5.74) is 1.07. The van der Waals surface area contributed by atoms with E-state index in [1.807, 2.05) is 0 Å². The van der Waals surface area contributed by atoms with Crippen molar-refractivity contribution in [2.24, 2.45) is 0 Å². The maximum absolute atomic E-state index is 12.7. The Morgan fingerprint density at radius 2 is 2.24 bits per heavy atom. The second kappa shape index (κ2) is 7.71. The molecule has 1 amide bonds. The lowest BCUT2D eigenvalue weighted by Crippen LogP contribution is -2.31. The summed E-state index contributed by atoms with van der Waals surface area (Å²) in [4.78, 5) is 16.1. The number of hydrogen-bond acceptors (Lipinski definition) is 5. The van der Waals surface area contributed by atoms with Gasteiger partial charge in [-0.2, -0.15) is 18.3 Å². The summed E-state index contributed by atoms with van der Waals surface area (Å²) in [5, 5.41) is 14.0. The van der Waals surface area contributed by atoms with Gasteiger partial charge in [-0.1, -0.05) is 6.92 Å². The minimum Gasteiger partial charge on any atom is -0.341 e. The number of nitrogens with zero attached hydrogens (tertiary/aromatic N) is 2. The molecule has 0 bridgehead atoms. The lowest BCUT2D eigenvalue weighted by atomic mass is 10.1. The van der Waals surface area contributed by atoms with Crippen LogP contribution in [0.25, 0.3) is 0 Å². The number of aromatic amines is 1. The Bertz CT molecular complexity index is 745. The number of carbonyl (C=O) groups excluding carboxylic acids is 1. The number of thiazole rings is 1. The highest BCUT2D eigenvalue weighted by Gasteiger charge is 2.34. The van der Waals surface area contributed by atoms with Crippen molar-refractivity contribution >= 4 is 29.7 Å². The molecule has 2 aromatic rings. The smallest absolute Gasteiger partial charge is 0.341 e. The molecule has 1 unspecified atom stereocenters. The molecular weight excluding hydrogens is 379 g/mol. The van der Waals surface area contributed by atoms with Gasteiger partial charge in [-0.05, 0) is 6.42 Å². The van der Waals surface area contributed by atoms with E-state index < -0.39 is 23.8 Å². The second-order valence-corrected chi connectivity index (χ2v) is 6.35. The molecule has 11 heteroatoms. The fourth-order valence-corrected chi connectivity index (χ4v) is 3.52.